The van der Waals surface area contributed by atoms with Crippen molar-refractivity contribution in [2.45, 2.75) is 13.5 Å². The number of nitrogens with zero attached hydrogens (tertiary/aromatic N) is 2. The monoisotopic (exact) mass is 409 g/mol. The molecule has 0 unspecified atom stereocenters. The van der Waals surface area contributed by atoms with Gasteiger partial charge in [0, 0.05) is 5.69 Å². The summed E-state index contributed by atoms with van der Waals surface area (Å²) in [6.07, 6.45) is 0. The first-order valence-electron chi connectivity index (χ1n) is 8.80. The number of benzene rings is 2. The highest BCUT2D eigenvalue weighted by atomic mass is 32.1. The SMILES string of the molecule is Cc1cc(-n2c(=O)c3sccc3n(CC(=O)Nc3ccccc3)c2=O)ccc1F. The van der Waals surface area contributed by atoms with Crippen LogP contribution in [0.3, 0.4) is 0 Å². The largest absolute Gasteiger partial charge is 0.336 e. The average Bonchev–Trinajstić information content (AvgIpc) is 3.19. The van der Waals surface area contributed by atoms with E-state index in [4.69, 9.17) is 0 Å². The van der Waals surface area contributed by atoms with Crippen LogP contribution in [0.1, 0.15) is 5.56 Å². The molecule has 8 heteroatoms. The van der Waals surface area contributed by atoms with Gasteiger partial charge in [0.05, 0.1) is 11.2 Å². The van der Waals surface area contributed by atoms with Crippen molar-refractivity contribution in [3.63, 3.8) is 0 Å². The number of carbonyl (C=O) groups excluding carboxylic acids is 1. The van der Waals surface area contributed by atoms with Crippen LogP contribution >= 0.6 is 11.3 Å². The van der Waals surface area contributed by atoms with E-state index in [0.717, 1.165) is 4.57 Å². The van der Waals surface area contributed by atoms with Crippen LogP contribution in [0.4, 0.5) is 10.1 Å². The summed E-state index contributed by atoms with van der Waals surface area (Å²) in [5.41, 5.74) is 0.415. The van der Waals surface area contributed by atoms with Gasteiger partial charge in [-0.1, -0.05) is 18.2 Å². The minimum atomic E-state index is -0.657. The fraction of sp³-hybridized carbons (Fsp3) is 0.0952. The Balaban J connectivity index is 1.83. The van der Waals surface area contributed by atoms with E-state index in [1.807, 2.05) is 6.07 Å². The molecule has 0 radical (unpaired) electrons. The number of rotatable bonds is 4. The van der Waals surface area contributed by atoms with Gasteiger partial charge in [-0.2, -0.15) is 0 Å². The molecule has 0 fully saturated rings. The van der Waals surface area contributed by atoms with Gasteiger partial charge in [-0.3, -0.25) is 14.2 Å². The lowest BCUT2D eigenvalue weighted by Crippen LogP contribution is -2.40. The number of para-hydroxylation sites is 1. The second kappa shape index (κ2) is 7.48. The maximum Gasteiger partial charge on any atom is 0.336 e. The van der Waals surface area contributed by atoms with Crippen molar-refractivity contribution in [2.24, 2.45) is 0 Å². The lowest BCUT2D eigenvalue weighted by molar-refractivity contribution is -0.116. The molecule has 6 nitrogen and oxygen atoms in total. The van der Waals surface area contributed by atoms with Crippen LogP contribution in [0.15, 0.2) is 69.6 Å². The zero-order valence-electron chi connectivity index (χ0n) is 15.4. The smallest absolute Gasteiger partial charge is 0.325 e. The maximum absolute atomic E-state index is 13.7. The number of nitrogens with one attached hydrogen (secondary N) is 1. The molecule has 29 heavy (non-hydrogen) atoms. The van der Waals surface area contributed by atoms with Crippen molar-refractivity contribution >= 4 is 33.1 Å². The molecule has 0 atom stereocenters. The van der Waals surface area contributed by atoms with E-state index in [0.29, 0.717) is 21.5 Å². The van der Waals surface area contributed by atoms with E-state index in [1.165, 1.54) is 34.1 Å². The Hall–Kier alpha value is -3.52. The molecule has 2 aromatic heterocycles. The second-order valence-electron chi connectivity index (χ2n) is 6.49. The van der Waals surface area contributed by atoms with E-state index < -0.39 is 23.0 Å². The average molecular weight is 409 g/mol. The van der Waals surface area contributed by atoms with E-state index in [-0.39, 0.29) is 12.2 Å². The van der Waals surface area contributed by atoms with Crippen molar-refractivity contribution in [2.75, 3.05) is 5.32 Å². The number of thiophene rings is 1. The molecule has 0 saturated heterocycles. The third-order valence-corrected chi connectivity index (χ3v) is 5.41. The summed E-state index contributed by atoms with van der Waals surface area (Å²) in [4.78, 5) is 38.6. The fourth-order valence-electron chi connectivity index (χ4n) is 3.10. The van der Waals surface area contributed by atoms with Crippen LogP contribution in [0.5, 0.6) is 0 Å². The van der Waals surface area contributed by atoms with Gasteiger partial charge in [0.15, 0.2) is 0 Å². The van der Waals surface area contributed by atoms with Crippen molar-refractivity contribution in [1.29, 1.82) is 0 Å². The Kier molecular flexibility index (Phi) is 4.85. The maximum atomic E-state index is 13.7. The number of hydrogen-bond donors (Lipinski definition) is 1. The predicted molar refractivity (Wildman–Crippen MR) is 111 cm³/mol. The summed E-state index contributed by atoms with van der Waals surface area (Å²) in [6, 6.07) is 14.5. The van der Waals surface area contributed by atoms with Crippen LogP contribution in [0.2, 0.25) is 0 Å². The second-order valence-corrected chi connectivity index (χ2v) is 7.41. The standard InChI is InChI=1S/C21H16FN3O3S/c1-13-11-15(7-8-16(13)22)25-20(27)19-17(9-10-29-19)24(21(25)28)12-18(26)23-14-5-3-2-4-6-14/h2-11H,12H2,1H3,(H,23,26). The number of aromatic nitrogens is 2. The normalized spacial score (nSPS) is 11.0. The number of fused-ring (bicyclic) bond motifs is 1. The highest BCUT2D eigenvalue weighted by Crippen LogP contribution is 2.18. The molecular formula is C21H16FN3O3S. The Labute approximate surface area is 168 Å². The van der Waals surface area contributed by atoms with Gasteiger partial charge in [-0.05, 0) is 54.3 Å². The van der Waals surface area contributed by atoms with Crippen molar-refractivity contribution < 1.29 is 9.18 Å². The van der Waals surface area contributed by atoms with Gasteiger partial charge < -0.3 is 5.32 Å². The van der Waals surface area contributed by atoms with Crippen LogP contribution in [0, 0.1) is 12.7 Å². The van der Waals surface area contributed by atoms with Gasteiger partial charge in [0.1, 0.15) is 17.1 Å². The van der Waals surface area contributed by atoms with Gasteiger partial charge >= 0.3 is 5.69 Å². The first kappa shape index (κ1) is 18.8. The molecule has 4 aromatic rings. The summed E-state index contributed by atoms with van der Waals surface area (Å²) >= 11 is 1.19. The Morgan fingerprint density at radius 2 is 1.86 bits per heavy atom. The summed E-state index contributed by atoms with van der Waals surface area (Å²) < 4.78 is 16.2. The number of halogens is 1. The zero-order chi connectivity index (χ0) is 20.5. The van der Waals surface area contributed by atoms with Crippen LogP contribution in [-0.2, 0) is 11.3 Å². The molecule has 146 valence electrons. The topological polar surface area (TPSA) is 73.1 Å². The van der Waals surface area contributed by atoms with Crippen LogP contribution in [0.25, 0.3) is 15.9 Å². The van der Waals surface area contributed by atoms with Crippen LogP contribution < -0.4 is 16.6 Å². The lowest BCUT2D eigenvalue weighted by Gasteiger charge is -2.13. The molecule has 0 aliphatic rings. The number of aryl methyl sites for hydroxylation is 1. The Morgan fingerprint density at radius 1 is 1.10 bits per heavy atom. The molecule has 0 aliphatic carbocycles. The molecule has 2 heterocycles. The molecule has 1 N–H and O–H groups in total. The van der Waals surface area contributed by atoms with E-state index in [1.54, 1.807) is 42.6 Å². The molecule has 0 bridgehead atoms. The molecule has 0 aliphatic heterocycles. The fourth-order valence-corrected chi connectivity index (χ4v) is 3.93. The third-order valence-electron chi connectivity index (χ3n) is 4.51. The van der Waals surface area contributed by atoms with Gasteiger partial charge in [0.25, 0.3) is 5.56 Å². The summed E-state index contributed by atoms with van der Waals surface area (Å²) in [5.74, 6) is -0.826. The van der Waals surface area contributed by atoms with Crippen molar-refractivity contribution in [3.8, 4) is 5.69 Å². The van der Waals surface area contributed by atoms with Crippen LogP contribution in [-0.4, -0.2) is 15.0 Å². The Morgan fingerprint density at radius 3 is 2.59 bits per heavy atom. The van der Waals surface area contributed by atoms with Gasteiger partial charge in [-0.25, -0.2) is 13.8 Å². The van der Waals surface area contributed by atoms with Crippen molar-refractivity contribution in [1.82, 2.24) is 9.13 Å². The highest BCUT2D eigenvalue weighted by molar-refractivity contribution is 7.17. The Bertz CT molecular complexity index is 1340. The van der Waals surface area contributed by atoms with Gasteiger partial charge in [0.2, 0.25) is 5.91 Å². The lowest BCUT2D eigenvalue weighted by atomic mass is 10.2. The van der Waals surface area contributed by atoms with E-state index in [9.17, 15) is 18.8 Å². The summed E-state index contributed by atoms with van der Waals surface area (Å²) in [5, 5.41) is 4.42. The number of hydrogen-bond acceptors (Lipinski definition) is 4. The van der Waals surface area contributed by atoms with Crippen molar-refractivity contribution in [3.05, 3.63) is 92.2 Å². The zero-order valence-corrected chi connectivity index (χ0v) is 16.2. The number of anilines is 1. The van der Waals surface area contributed by atoms with Gasteiger partial charge in [-0.15, -0.1) is 11.3 Å². The molecule has 0 spiro atoms. The predicted octanol–water partition coefficient (Wildman–Crippen LogP) is 3.30. The highest BCUT2D eigenvalue weighted by Gasteiger charge is 2.18. The first-order chi connectivity index (χ1) is 14.0. The molecule has 1 amide bonds. The molecule has 4 rings (SSSR count). The number of carbonyl (C=O) groups is 1. The number of amides is 1. The molecular weight excluding hydrogens is 393 g/mol. The third kappa shape index (κ3) is 3.50. The quantitative estimate of drug-likeness (QED) is 0.562. The molecule has 0 saturated carbocycles. The first-order valence-corrected chi connectivity index (χ1v) is 9.68. The molecule has 2 aromatic carbocycles. The van der Waals surface area contributed by atoms with E-state index in [2.05, 4.69) is 5.32 Å². The van der Waals surface area contributed by atoms with E-state index >= 15 is 0 Å². The minimum absolute atomic E-state index is 0.256. The summed E-state index contributed by atoms with van der Waals surface area (Å²) in [6.45, 7) is 1.29. The minimum Gasteiger partial charge on any atom is -0.325 e. The summed E-state index contributed by atoms with van der Waals surface area (Å²) in [7, 11) is 0.